The molecule has 0 unspecified atom stereocenters. The van der Waals surface area contributed by atoms with E-state index in [0.717, 1.165) is 31.5 Å². The van der Waals surface area contributed by atoms with E-state index in [0.29, 0.717) is 24.7 Å². The summed E-state index contributed by atoms with van der Waals surface area (Å²) < 4.78 is 5.13. The molecule has 0 aliphatic carbocycles. The zero-order chi connectivity index (χ0) is 16.7. The van der Waals surface area contributed by atoms with E-state index in [-0.39, 0.29) is 12.1 Å². The van der Waals surface area contributed by atoms with Gasteiger partial charge in [-0.1, -0.05) is 29.8 Å². The number of methoxy groups -OCH3 is 1. The van der Waals surface area contributed by atoms with Crippen LogP contribution >= 0.6 is 11.6 Å². The van der Waals surface area contributed by atoms with Crippen LogP contribution < -0.4 is 5.32 Å². The van der Waals surface area contributed by atoms with Crippen LogP contribution in [0.25, 0.3) is 0 Å². The minimum absolute atomic E-state index is 0.0535. The number of amides is 2. The fourth-order valence-electron chi connectivity index (χ4n) is 2.84. The lowest BCUT2D eigenvalue weighted by atomic mass is 10.1. The topological polar surface area (TPSA) is 44.8 Å². The smallest absolute Gasteiger partial charge is 0.318 e. The monoisotopic (exact) mass is 339 g/mol. The van der Waals surface area contributed by atoms with Crippen LogP contribution in [-0.4, -0.2) is 62.3 Å². The molecule has 1 fully saturated rings. The van der Waals surface area contributed by atoms with Gasteiger partial charge in [-0.2, -0.15) is 0 Å². The molecule has 2 amide bonds. The predicted molar refractivity (Wildman–Crippen MR) is 92.8 cm³/mol. The molecule has 0 saturated carbocycles. The summed E-state index contributed by atoms with van der Waals surface area (Å²) in [6.07, 6.45) is 2.14. The van der Waals surface area contributed by atoms with Gasteiger partial charge in [0, 0.05) is 37.8 Å². The highest BCUT2D eigenvalue weighted by atomic mass is 35.5. The van der Waals surface area contributed by atoms with Crippen LogP contribution in [0.2, 0.25) is 5.02 Å². The van der Waals surface area contributed by atoms with E-state index in [9.17, 15) is 4.79 Å². The van der Waals surface area contributed by atoms with Gasteiger partial charge >= 0.3 is 6.03 Å². The van der Waals surface area contributed by atoms with Crippen molar-refractivity contribution in [1.82, 2.24) is 15.1 Å². The molecule has 23 heavy (non-hydrogen) atoms. The number of benzene rings is 1. The van der Waals surface area contributed by atoms with Crippen molar-refractivity contribution in [2.24, 2.45) is 0 Å². The van der Waals surface area contributed by atoms with Gasteiger partial charge in [0.05, 0.1) is 6.61 Å². The van der Waals surface area contributed by atoms with Crippen molar-refractivity contribution < 1.29 is 9.53 Å². The molecule has 1 aliphatic heterocycles. The molecule has 2 rings (SSSR count). The Hall–Kier alpha value is -1.30. The Balaban J connectivity index is 1.98. The molecular weight excluding hydrogens is 314 g/mol. The molecule has 1 saturated heterocycles. The third-order valence-corrected chi connectivity index (χ3v) is 4.49. The Labute approximate surface area is 143 Å². The van der Waals surface area contributed by atoms with E-state index in [1.807, 2.05) is 24.3 Å². The van der Waals surface area contributed by atoms with Gasteiger partial charge in [-0.05, 0) is 38.1 Å². The second-order valence-corrected chi connectivity index (χ2v) is 6.46. The van der Waals surface area contributed by atoms with E-state index in [2.05, 4.69) is 17.3 Å². The van der Waals surface area contributed by atoms with E-state index in [4.69, 9.17) is 16.3 Å². The van der Waals surface area contributed by atoms with Crippen molar-refractivity contribution in [3.63, 3.8) is 0 Å². The highest BCUT2D eigenvalue weighted by molar-refractivity contribution is 6.31. The number of carbonyl (C=O) groups is 1. The first-order valence-electron chi connectivity index (χ1n) is 8.06. The van der Waals surface area contributed by atoms with Crippen molar-refractivity contribution in [1.29, 1.82) is 0 Å². The van der Waals surface area contributed by atoms with Crippen LogP contribution in [0.4, 0.5) is 4.79 Å². The lowest BCUT2D eigenvalue weighted by Crippen LogP contribution is -2.51. The molecule has 1 aromatic carbocycles. The predicted octanol–water partition coefficient (Wildman–Crippen LogP) is 2.59. The normalized spacial score (nSPS) is 18.7. The van der Waals surface area contributed by atoms with Gasteiger partial charge < -0.3 is 19.9 Å². The molecule has 1 aliphatic rings. The highest BCUT2D eigenvalue weighted by Crippen LogP contribution is 2.17. The fraction of sp³-hybridized carbons (Fsp3) is 0.588. The first-order chi connectivity index (χ1) is 11.1. The Bertz CT molecular complexity index is 512. The quantitative estimate of drug-likeness (QED) is 0.866. The third-order valence-electron chi connectivity index (χ3n) is 4.12. The van der Waals surface area contributed by atoms with Crippen molar-refractivity contribution in [3.8, 4) is 0 Å². The van der Waals surface area contributed by atoms with Crippen LogP contribution in [0.5, 0.6) is 0 Å². The average Bonchev–Trinajstić information content (AvgIpc) is 2.53. The van der Waals surface area contributed by atoms with Gasteiger partial charge in [0.15, 0.2) is 0 Å². The maximum absolute atomic E-state index is 12.6. The van der Waals surface area contributed by atoms with Gasteiger partial charge in [-0.15, -0.1) is 0 Å². The zero-order valence-corrected chi connectivity index (χ0v) is 14.7. The summed E-state index contributed by atoms with van der Waals surface area (Å²) in [6.45, 7) is 3.52. The lowest BCUT2D eigenvalue weighted by Gasteiger charge is -2.32. The summed E-state index contributed by atoms with van der Waals surface area (Å²) >= 11 is 6.22. The summed E-state index contributed by atoms with van der Waals surface area (Å²) in [6, 6.07) is 7.77. The molecule has 1 aromatic rings. The van der Waals surface area contributed by atoms with Crippen molar-refractivity contribution in [3.05, 3.63) is 34.9 Å². The summed E-state index contributed by atoms with van der Waals surface area (Å²) in [5, 5.41) is 3.83. The van der Waals surface area contributed by atoms with E-state index in [1.54, 1.807) is 12.0 Å². The molecule has 1 atom stereocenters. The molecule has 1 N–H and O–H groups in total. The molecule has 0 aromatic heterocycles. The Kier molecular flexibility index (Phi) is 7.15. The van der Waals surface area contributed by atoms with Crippen LogP contribution in [0.3, 0.4) is 0 Å². The van der Waals surface area contributed by atoms with Crippen molar-refractivity contribution in [2.75, 3.05) is 40.4 Å². The van der Waals surface area contributed by atoms with E-state index < -0.39 is 0 Å². The van der Waals surface area contributed by atoms with E-state index in [1.165, 1.54) is 0 Å². The largest absolute Gasteiger partial charge is 0.383 e. The van der Waals surface area contributed by atoms with Gasteiger partial charge in [0.2, 0.25) is 0 Å². The second kappa shape index (κ2) is 9.11. The summed E-state index contributed by atoms with van der Waals surface area (Å²) in [5.74, 6) is 0. The van der Waals surface area contributed by atoms with Crippen LogP contribution in [-0.2, 0) is 11.3 Å². The number of likely N-dealkylation sites (N-methyl/N-ethyl adjacent to an activating group) is 1. The Morgan fingerprint density at radius 2 is 2.26 bits per heavy atom. The molecule has 0 radical (unpaired) electrons. The summed E-state index contributed by atoms with van der Waals surface area (Å²) in [7, 11) is 3.73. The molecule has 6 heteroatoms. The molecule has 5 nitrogen and oxygen atoms in total. The number of nitrogens with one attached hydrogen (secondary N) is 1. The molecule has 0 spiro atoms. The van der Waals surface area contributed by atoms with Crippen molar-refractivity contribution >= 4 is 17.6 Å². The minimum atomic E-state index is -0.0535. The van der Waals surface area contributed by atoms with Crippen LogP contribution in [0.1, 0.15) is 18.4 Å². The summed E-state index contributed by atoms with van der Waals surface area (Å²) in [5.41, 5.74) is 0.946. The number of hydrogen-bond acceptors (Lipinski definition) is 3. The number of hydrogen-bond donors (Lipinski definition) is 1. The van der Waals surface area contributed by atoms with Gasteiger partial charge in [-0.25, -0.2) is 4.79 Å². The van der Waals surface area contributed by atoms with Gasteiger partial charge in [0.25, 0.3) is 0 Å². The van der Waals surface area contributed by atoms with Gasteiger partial charge in [-0.3, -0.25) is 0 Å². The lowest BCUT2D eigenvalue weighted by molar-refractivity contribution is 0.140. The maximum atomic E-state index is 12.6. The van der Waals surface area contributed by atoms with Crippen LogP contribution in [0, 0.1) is 0 Å². The van der Waals surface area contributed by atoms with Crippen molar-refractivity contribution in [2.45, 2.75) is 25.4 Å². The number of urea groups is 1. The first kappa shape index (κ1) is 18.0. The molecular formula is C17H26ClN3O2. The second-order valence-electron chi connectivity index (χ2n) is 6.06. The SMILES string of the molecule is COCCN(Cc1ccccc1Cl)C(=O)N[C@H]1CCCN(C)C1. The fourth-order valence-corrected chi connectivity index (χ4v) is 3.03. The average molecular weight is 340 g/mol. The number of carbonyl (C=O) groups excluding carboxylic acids is 1. The number of piperidine rings is 1. The zero-order valence-electron chi connectivity index (χ0n) is 13.9. The van der Waals surface area contributed by atoms with Gasteiger partial charge in [0.1, 0.15) is 0 Å². The minimum Gasteiger partial charge on any atom is -0.383 e. The summed E-state index contributed by atoms with van der Waals surface area (Å²) in [4.78, 5) is 16.7. The van der Waals surface area contributed by atoms with E-state index >= 15 is 0 Å². The molecule has 1 heterocycles. The number of nitrogens with zero attached hydrogens (tertiary/aromatic N) is 2. The Morgan fingerprint density at radius 3 is 2.96 bits per heavy atom. The number of likely N-dealkylation sites (tertiary alicyclic amines) is 1. The number of rotatable bonds is 6. The maximum Gasteiger partial charge on any atom is 0.318 e. The first-order valence-corrected chi connectivity index (χ1v) is 8.44. The number of halogens is 1. The Morgan fingerprint density at radius 1 is 1.48 bits per heavy atom. The number of ether oxygens (including phenoxy) is 1. The standard InChI is InChI=1S/C17H26ClN3O2/c1-20-9-5-7-15(13-20)19-17(22)21(10-11-23-2)12-14-6-3-4-8-16(14)18/h3-4,6,8,15H,5,7,9-13H2,1-2H3,(H,19,22)/t15-/m0/s1. The molecule has 0 bridgehead atoms. The molecule has 128 valence electrons. The highest BCUT2D eigenvalue weighted by Gasteiger charge is 2.22. The third kappa shape index (κ3) is 5.68. The van der Waals surface area contributed by atoms with Crippen LogP contribution in [0.15, 0.2) is 24.3 Å².